The minimum Gasteiger partial charge on any atom is -0.243 e. The summed E-state index contributed by atoms with van der Waals surface area (Å²) in [5.74, 6) is 0. The van der Waals surface area contributed by atoms with Crippen LogP contribution in [0.5, 0.6) is 0 Å². The molecule has 0 saturated heterocycles. The van der Waals surface area contributed by atoms with Crippen molar-refractivity contribution >= 4 is 34.2 Å². The Kier molecular flexibility index (Phi) is 3.03. The zero-order valence-corrected chi connectivity index (χ0v) is 10.2. The molecule has 0 unspecified atom stereocenters. The van der Waals surface area contributed by atoms with Gasteiger partial charge in [-0.2, -0.15) is 0 Å². The van der Waals surface area contributed by atoms with Crippen molar-refractivity contribution in [3.63, 3.8) is 0 Å². The fourth-order valence-electron chi connectivity index (χ4n) is 1.21. The molecule has 2 rings (SSSR count). The van der Waals surface area contributed by atoms with E-state index in [9.17, 15) is 0 Å². The molecule has 0 N–H and O–H groups in total. The molecule has 0 aliphatic carbocycles. The summed E-state index contributed by atoms with van der Waals surface area (Å²) in [5, 5.41) is 0.560. The van der Waals surface area contributed by atoms with Crippen LogP contribution in [-0.4, -0.2) is 4.98 Å². The molecule has 70 valence electrons. The van der Waals surface area contributed by atoms with Gasteiger partial charge in [0.25, 0.3) is 0 Å². The Morgan fingerprint density at radius 3 is 2.43 bits per heavy atom. The van der Waals surface area contributed by atoms with Gasteiger partial charge in [0.1, 0.15) is 5.15 Å². The summed E-state index contributed by atoms with van der Waals surface area (Å²) in [4.78, 5) is 4.11. The van der Waals surface area contributed by atoms with Crippen LogP contribution in [0.2, 0.25) is 5.15 Å². The molecular formula is C11H7ClIN. The van der Waals surface area contributed by atoms with E-state index < -0.39 is 0 Å². The molecule has 1 aromatic heterocycles. The van der Waals surface area contributed by atoms with Crippen LogP contribution in [0.4, 0.5) is 0 Å². The van der Waals surface area contributed by atoms with Crippen molar-refractivity contribution in [2.75, 3.05) is 0 Å². The van der Waals surface area contributed by atoms with Gasteiger partial charge in [-0.1, -0.05) is 41.9 Å². The van der Waals surface area contributed by atoms with Crippen LogP contribution in [0.3, 0.4) is 0 Å². The Hall–Kier alpha value is -0.610. The first kappa shape index (κ1) is 9.93. The molecule has 1 aromatic carbocycles. The predicted molar refractivity (Wildman–Crippen MR) is 67.4 cm³/mol. The first-order valence-electron chi connectivity index (χ1n) is 4.14. The fourth-order valence-corrected chi connectivity index (χ4v) is 1.79. The van der Waals surface area contributed by atoms with Crippen LogP contribution in [0, 0.1) is 3.57 Å². The van der Waals surface area contributed by atoms with E-state index in [0.717, 1.165) is 14.7 Å². The average molecular weight is 316 g/mol. The normalized spacial score (nSPS) is 10.1. The summed E-state index contributed by atoms with van der Waals surface area (Å²) in [6, 6.07) is 12.2. The van der Waals surface area contributed by atoms with Crippen molar-refractivity contribution in [3.05, 3.63) is 51.3 Å². The number of nitrogens with zero attached hydrogens (tertiary/aromatic N) is 1. The summed E-state index contributed by atoms with van der Waals surface area (Å²) in [7, 11) is 0. The van der Waals surface area contributed by atoms with Gasteiger partial charge in [0.15, 0.2) is 0 Å². The molecule has 2 aromatic rings. The Morgan fingerprint density at radius 2 is 1.79 bits per heavy atom. The van der Waals surface area contributed by atoms with E-state index in [-0.39, 0.29) is 0 Å². The standard InChI is InChI=1S/C11H7ClIN/c12-11-10(13)6-9(7-14-11)8-4-2-1-3-5-8/h1-7H. The lowest BCUT2D eigenvalue weighted by atomic mass is 10.1. The van der Waals surface area contributed by atoms with Crippen molar-refractivity contribution in [1.82, 2.24) is 4.98 Å². The number of aromatic nitrogens is 1. The van der Waals surface area contributed by atoms with Crippen LogP contribution < -0.4 is 0 Å². The molecule has 0 spiro atoms. The monoisotopic (exact) mass is 315 g/mol. The van der Waals surface area contributed by atoms with E-state index in [1.807, 2.05) is 24.3 Å². The lowest BCUT2D eigenvalue weighted by Gasteiger charge is -2.02. The summed E-state index contributed by atoms with van der Waals surface area (Å²) >= 11 is 8.03. The first-order valence-corrected chi connectivity index (χ1v) is 5.59. The van der Waals surface area contributed by atoms with Gasteiger partial charge in [0.2, 0.25) is 0 Å². The second kappa shape index (κ2) is 4.28. The summed E-state index contributed by atoms with van der Waals surface area (Å²) in [5.41, 5.74) is 2.26. The van der Waals surface area contributed by atoms with Gasteiger partial charge in [-0.15, -0.1) is 0 Å². The molecule has 0 fully saturated rings. The second-order valence-electron chi connectivity index (χ2n) is 2.86. The van der Waals surface area contributed by atoms with Crippen molar-refractivity contribution in [1.29, 1.82) is 0 Å². The second-order valence-corrected chi connectivity index (χ2v) is 4.38. The third kappa shape index (κ3) is 2.07. The largest absolute Gasteiger partial charge is 0.243 e. The van der Waals surface area contributed by atoms with E-state index in [1.54, 1.807) is 6.20 Å². The molecule has 0 atom stereocenters. The highest BCUT2D eigenvalue weighted by Gasteiger charge is 2.01. The minimum absolute atomic E-state index is 0.560. The third-order valence-electron chi connectivity index (χ3n) is 1.90. The van der Waals surface area contributed by atoms with Crippen LogP contribution in [-0.2, 0) is 0 Å². The number of pyridine rings is 1. The number of benzene rings is 1. The Labute approximate surface area is 101 Å². The van der Waals surface area contributed by atoms with Gasteiger partial charge >= 0.3 is 0 Å². The summed E-state index contributed by atoms with van der Waals surface area (Å²) < 4.78 is 0.977. The number of hydrogen-bond donors (Lipinski definition) is 0. The van der Waals surface area contributed by atoms with Gasteiger partial charge in [0.05, 0.1) is 3.57 Å². The highest BCUT2D eigenvalue weighted by Crippen LogP contribution is 2.23. The lowest BCUT2D eigenvalue weighted by Crippen LogP contribution is -1.83. The maximum atomic E-state index is 5.85. The first-order chi connectivity index (χ1) is 6.77. The molecule has 0 amide bonds. The van der Waals surface area contributed by atoms with Crippen LogP contribution in [0.1, 0.15) is 0 Å². The van der Waals surface area contributed by atoms with Gasteiger partial charge in [-0.3, -0.25) is 0 Å². The molecule has 1 heterocycles. The number of rotatable bonds is 1. The third-order valence-corrected chi connectivity index (χ3v) is 3.35. The Bertz CT molecular complexity index is 442. The van der Waals surface area contributed by atoms with E-state index >= 15 is 0 Å². The van der Waals surface area contributed by atoms with Crippen molar-refractivity contribution < 1.29 is 0 Å². The molecule has 0 saturated carbocycles. The van der Waals surface area contributed by atoms with Crippen molar-refractivity contribution in [2.45, 2.75) is 0 Å². The fraction of sp³-hybridized carbons (Fsp3) is 0. The van der Waals surface area contributed by atoms with E-state index in [0.29, 0.717) is 5.15 Å². The minimum atomic E-state index is 0.560. The Morgan fingerprint density at radius 1 is 1.07 bits per heavy atom. The molecule has 3 heteroatoms. The summed E-state index contributed by atoms with van der Waals surface area (Å²) in [6.07, 6.45) is 1.79. The topological polar surface area (TPSA) is 12.9 Å². The smallest absolute Gasteiger partial charge is 0.142 e. The quantitative estimate of drug-likeness (QED) is 0.572. The highest BCUT2D eigenvalue weighted by atomic mass is 127. The number of hydrogen-bond acceptors (Lipinski definition) is 1. The Balaban J connectivity index is 2.48. The van der Waals surface area contributed by atoms with E-state index in [2.05, 4.69) is 39.7 Å². The van der Waals surface area contributed by atoms with Crippen molar-refractivity contribution in [2.24, 2.45) is 0 Å². The molecule has 1 nitrogen and oxygen atoms in total. The van der Waals surface area contributed by atoms with Crippen LogP contribution in [0.15, 0.2) is 42.6 Å². The molecular weight excluding hydrogens is 308 g/mol. The predicted octanol–water partition coefficient (Wildman–Crippen LogP) is 4.01. The average Bonchev–Trinajstić information content (AvgIpc) is 2.23. The van der Waals surface area contributed by atoms with Gasteiger partial charge in [-0.05, 0) is 34.2 Å². The van der Waals surface area contributed by atoms with Gasteiger partial charge in [0, 0.05) is 11.8 Å². The van der Waals surface area contributed by atoms with Gasteiger partial charge in [-0.25, -0.2) is 4.98 Å². The maximum Gasteiger partial charge on any atom is 0.142 e. The molecule has 0 radical (unpaired) electrons. The van der Waals surface area contributed by atoms with Crippen LogP contribution >= 0.6 is 34.2 Å². The zero-order valence-electron chi connectivity index (χ0n) is 7.24. The van der Waals surface area contributed by atoms with Crippen molar-refractivity contribution in [3.8, 4) is 11.1 Å². The van der Waals surface area contributed by atoms with E-state index in [1.165, 1.54) is 0 Å². The molecule has 0 bridgehead atoms. The molecule has 0 aliphatic heterocycles. The SMILES string of the molecule is Clc1ncc(-c2ccccc2)cc1I. The van der Waals surface area contributed by atoms with Crippen LogP contribution in [0.25, 0.3) is 11.1 Å². The lowest BCUT2D eigenvalue weighted by molar-refractivity contribution is 1.31. The highest BCUT2D eigenvalue weighted by molar-refractivity contribution is 14.1. The summed E-state index contributed by atoms with van der Waals surface area (Å²) in [6.45, 7) is 0. The number of halogens is 2. The van der Waals surface area contributed by atoms with E-state index in [4.69, 9.17) is 11.6 Å². The molecule has 14 heavy (non-hydrogen) atoms. The maximum absolute atomic E-state index is 5.85. The van der Waals surface area contributed by atoms with Gasteiger partial charge < -0.3 is 0 Å². The molecule has 0 aliphatic rings. The zero-order chi connectivity index (χ0) is 9.97.